The fraction of sp³-hybridized carbons (Fsp3) is 0. The Bertz CT molecular complexity index is 389. The average Bonchev–Trinajstić information content (AvgIpc) is 2.04. The summed E-state index contributed by atoms with van der Waals surface area (Å²) >= 11 is 0. The third-order valence-electron chi connectivity index (χ3n) is 1.97. The largest absolute Gasteiger partial charge is 0.398 e. The van der Waals surface area contributed by atoms with Crippen molar-refractivity contribution in [2.75, 3.05) is 11.5 Å². The van der Waals surface area contributed by atoms with Gasteiger partial charge in [0.1, 0.15) is 0 Å². The van der Waals surface area contributed by atoms with Crippen LogP contribution in [0.25, 0.3) is 10.8 Å². The maximum atomic E-state index is 5.78. The quantitative estimate of drug-likeness (QED) is 0.663. The van der Waals surface area contributed by atoms with E-state index >= 15 is 0 Å². The Kier molecular flexibility index (Phi) is 2.80. The molecule has 0 saturated heterocycles. The van der Waals surface area contributed by atoms with Crippen molar-refractivity contribution in [2.45, 2.75) is 0 Å². The predicted molar refractivity (Wildman–Crippen MR) is 52.8 cm³/mol. The van der Waals surface area contributed by atoms with Crippen LogP contribution < -0.4 is 11.5 Å². The normalized spacial score (nSPS) is 9.54. The SMILES string of the molecule is Nc1cccc2cccc(N)c12.[Co]. The molecule has 0 spiro atoms. The van der Waals surface area contributed by atoms with Gasteiger partial charge in [0.05, 0.1) is 0 Å². The monoisotopic (exact) mass is 217 g/mol. The van der Waals surface area contributed by atoms with Crippen LogP contribution in [-0.2, 0) is 16.8 Å². The fourth-order valence-electron chi connectivity index (χ4n) is 1.40. The average molecular weight is 217 g/mol. The van der Waals surface area contributed by atoms with Gasteiger partial charge in [0.25, 0.3) is 0 Å². The second-order valence-corrected chi connectivity index (χ2v) is 2.79. The van der Waals surface area contributed by atoms with Crippen LogP contribution in [0.4, 0.5) is 11.4 Å². The van der Waals surface area contributed by atoms with Crippen LogP contribution in [0.5, 0.6) is 0 Å². The molecule has 4 N–H and O–H groups in total. The smallest absolute Gasteiger partial charge is 0.0414 e. The van der Waals surface area contributed by atoms with Gasteiger partial charge in [-0.1, -0.05) is 24.3 Å². The molecular weight excluding hydrogens is 207 g/mol. The van der Waals surface area contributed by atoms with Crippen LogP contribution in [0.3, 0.4) is 0 Å². The molecule has 0 fully saturated rings. The minimum atomic E-state index is 0. The van der Waals surface area contributed by atoms with E-state index in [-0.39, 0.29) is 16.8 Å². The molecule has 2 nitrogen and oxygen atoms in total. The summed E-state index contributed by atoms with van der Waals surface area (Å²) in [5, 5.41) is 2.05. The van der Waals surface area contributed by atoms with Gasteiger partial charge in [-0.3, -0.25) is 0 Å². The van der Waals surface area contributed by atoms with Gasteiger partial charge in [0.15, 0.2) is 0 Å². The van der Waals surface area contributed by atoms with Crippen molar-refractivity contribution in [3.8, 4) is 0 Å². The summed E-state index contributed by atoms with van der Waals surface area (Å²) in [7, 11) is 0. The standard InChI is InChI=1S/C10H10N2.Co/c11-8-5-1-3-7-4-2-6-9(12)10(7)8;/h1-6H,11-12H2;. The number of fused-ring (bicyclic) bond motifs is 1. The molecule has 0 atom stereocenters. The number of hydrogen-bond donors (Lipinski definition) is 2. The van der Waals surface area contributed by atoms with Crippen LogP contribution in [0.2, 0.25) is 0 Å². The van der Waals surface area contributed by atoms with Gasteiger partial charge in [0, 0.05) is 33.5 Å². The molecule has 0 aliphatic heterocycles. The van der Waals surface area contributed by atoms with E-state index in [0.29, 0.717) is 0 Å². The topological polar surface area (TPSA) is 52.0 Å². The maximum Gasteiger partial charge on any atom is 0.0414 e. The Morgan fingerprint density at radius 3 is 1.62 bits per heavy atom. The Balaban J connectivity index is 0.000000845. The molecule has 0 aromatic heterocycles. The van der Waals surface area contributed by atoms with E-state index in [1.54, 1.807) is 0 Å². The van der Waals surface area contributed by atoms with Crippen LogP contribution in [0.1, 0.15) is 0 Å². The first-order chi connectivity index (χ1) is 5.79. The minimum Gasteiger partial charge on any atom is -0.398 e. The first-order valence-electron chi connectivity index (χ1n) is 3.82. The third-order valence-corrected chi connectivity index (χ3v) is 1.97. The van der Waals surface area contributed by atoms with Crippen molar-refractivity contribution >= 4 is 22.1 Å². The molecule has 13 heavy (non-hydrogen) atoms. The number of nitrogens with two attached hydrogens (primary N) is 2. The van der Waals surface area contributed by atoms with Crippen molar-refractivity contribution in [2.24, 2.45) is 0 Å². The molecule has 0 amide bonds. The molecule has 0 aliphatic rings. The summed E-state index contributed by atoms with van der Waals surface area (Å²) in [4.78, 5) is 0. The van der Waals surface area contributed by atoms with Gasteiger partial charge in [-0.2, -0.15) is 0 Å². The van der Waals surface area contributed by atoms with Crippen LogP contribution >= 0.6 is 0 Å². The summed E-state index contributed by atoms with van der Waals surface area (Å²) < 4.78 is 0. The number of anilines is 2. The van der Waals surface area contributed by atoms with E-state index in [1.807, 2.05) is 36.4 Å². The summed E-state index contributed by atoms with van der Waals surface area (Å²) in [6.07, 6.45) is 0. The molecule has 2 aromatic rings. The van der Waals surface area contributed by atoms with E-state index in [9.17, 15) is 0 Å². The first kappa shape index (κ1) is 9.89. The summed E-state index contributed by atoms with van der Waals surface area (Å²) in [6, 6.07) is 11.6. The zero-order chi connectivity index (χ0) is 8.55. The molecule has 0 saturated carbocycles. The predicted octanol–water partition coefficient (Wildman–Crippen LogP) is 2.00. The van der Waals surface area contributed by atoms with Gasteiger partial charge in [0.2, 0.25) is 0 Å². The summed E-state index contributed by atoms with van der Waals surface area (Å²) in [5.41, 5.74) is 13.0. The molecular formula is C10H10CoN2. The first-order valence-corrected chi connectivity index (χ1v) is 3.82. The molecule has 3 heteroatoms. The zero-order valence-corrected chi connectivity index (χ0v) is 7.99. The van der Waals surface area contributed by atoms with E-state index in [2.05, 4.69) is 0 Å². The van der Waals surface area contributed by atoms with Crippen LogP contribution in [0.15, 0.2) is 36.4 Å². The van der Waals surface area contributed by atoms with Gasteiger partial charge in [-0.15, -0.1) is 0 Å². The Labute approximate surface area is 87.1 Å². The van der Waals surface area contributed by atoms with Crippen molar-refractivity contribution in [1.29, 1.82) is 0 Å². The minimum absolute atomic E-state index is 0. The maximum absolute atomic E-state index is 5.78. The number of nitrogen functional groups attached to an aromatic ring is 2. The van der Waals surface area contributed by atoms with E-state index in [4.69, 9.17) is 11.5 Å². The van der Waals surface area contributed by atoms with Crippen LogP contribution in [0, 0.1) is 0 Å². The molecule has 0 aliphatic carbocycles. The molecule has 0 heterocycles. The second kappa shape index (κ2) is 3.68. The number of rotatable bonds is 0. The molecule has 69 valence electrons. The van der Waals surface area contributed by atoms with E-state index in [0.717, 1.165) is 22.1 Å². The van der Waals surface area contributed by atoms with Gasteiger partial charge in [-0.05, 0) is 17.5 Å². The Morgan fingerprint density at radius 1 is 0.769 bits per heavy atom. The Hall–Kier alpha value is -1.19. The van der Waals surface area contributed by atoms with Gasteiger partial charge >= 0.3 is 0 Å². The van der Waals surface area contributed by atoms with E-state index < -0.39 is 0 Å². The Morgan fingerprint density at radius 2 is 1.23 bits per heavy atom. The van der Waals surface area contributed by atoms with Crippen LogP contribution in [-0.4, -0.2) is 0 Å². The number of hydrogen-bond acceptors (Lipinski definition) is 2. The molecule has 2 aromatic carbocycles. The summed E-state index contributed by atoms with van der Waals surface area (Å²) in [6.45, 7) is 0. The van der Waals surface area contributed by atoms with Gasteiger partial charge in [-0.25, -0.2) is 0 Å². The summed E-state index contributed by atoms with van der Waals surface area (Å²) in [5.74, 6) is 0. The third kappa shape index (κ3) is 1.61. The zero-order valence-electron chi connectivity index (χ0n) is 6.95. The fourth-order valence-corrected chi connectivity index (χ4v) is 1.40. The van der Waals surface area contributed by atoms with Crippen molar-refractivity contribution in [1.82, 2.24) is 0 Å². The van der Waals surface area contributed by atoms with Crippen molar-refractivity contribution in [3.63, 3.8) is 0 Å². The second-order valence-electron chi connectivity index (χ2n) is 2.79. The molecule has 2 rings (SSSR count). The molecule has 1 radical (unpaired) electrons. The van der Waals surface area contributed by atoms with Gasteiger partial charge < -0.3 is 11.5 Å². The number of benzene rings is 2. The van der Waals surface area contributed by atoms with Crippen molar-refractivity contribution in [3.05, 3.63) is 36.4 Å². The van der Waals surface area contributed by atoms with Crippen molar-refractivity contribution < 1.29 is 16.8 Å². The van der Waals surface area contributed by atoms with E-state index in [1.165, 1.54) is 0 Å². The molecule has 0 unspecified atom stereocenters. The molecule has 0 bridgehead atoms.